The van der Waals surface area contributed by atoms with Gasteiger partial charge in [0.2, 0.25) is 0 Å². The molecule has 1 aliphatic rings. The molecule has 1 saturated heterocycles. The predicted octanol–water partition coefficient (Wildman–Crippen LogP) is 3.55. The number of fused-ring (bicyclic) bond motifs is 1. The molecule has 6 heteroatoms. The first-order valence-electron chi connectivity index (χ1n) is 8.44. The van der Waals surface area contributed by atoms with Gasteiger partial charge in [-0.25, -0.2) is 9.78 Å². The standard InChI is InChI=1S/C19H21ClN2O3/c1-12-7-13(2)10-22(9-12)18(23)11-25-19(24)15-8-17(20)21-16-6-4-3-5-14(15)16/h3-6,8,12-13H,7,9-11H2,1-2H3/t12-,13-/m0/s1. The number of aromatic nitrogens is 1. The van der Waals surface area contributed by atoms with Gasteiger partial charge in [0.05, 0.1) is 11.1 Å². The average molecular weight is 361 g/mol. The Morgan fingerprint density at radius 2 is 1.92 bits per heavy atom. The second-order valence-corrected chi connectivity index (χ2v) is 7.22. The normalized spacial score (nSPS) is 20.5. The summed E-state index contributed by atoms with van der Waals surface area (Å²) in [5.74, 6) is 0.209. The summed E-state index contributed by atoms with van der Waals surface area (Å²) in [7, 11) is 0. The van der Waals surface area contributed by atoms with E-state index in [1.165, 1.54) is 6.07 Å². The summed E-state index contributed by atoms with van der Waals surface area (Å²) in [5, 5.41) is 0.875. The van der Waals surface area contributed by atoms with Crippen molar-refractivity contribution in [3.8, 4) is 0 Å². The number of para-hydroxylation sites is 1. The number of benzene rings is 1. The third kappa shape index (κ3) is 4.10. The molecule has 0 aliphatic carbocycles. The van der Waals surface area contributed by atoms with Crippen molar-refractivity contribution in [1.29, 1.82) is 0 Å². The van der Waals surface area contributed by atoms with E-state index in [0.29, 0.717) is 41.4 Å². The van der Waals surface area contributed by atoms with Crippen LogP contribution < -0.4 is 0 Å². The van der Waals surface area contributed by atoms with E-state index >= 15 is 0 Å². The van der Waals surface area contributed by atoms with Gasteiger partial charge < -0.3 is 9.64 Å². The number of ether oxygens (including phenoxy) is 1. The van der Waals surface area contributed by atoms with Crippen molar-refractivity contribution >= 4 is 34.4 Å². The van der Waals surface area contributed by atoms with Gasteiger partial charge in [0, 0.05) is 18.5 Å². The highest BCUT2D eigenvalue weighted by Crippen LogP contribution is 2.23. The van der Waals surface area contributed by atoms with E-state index in [9.17, 15) is 9.59 Å². The summed E-state index contributed by atoms with van der Waals surface area (Å²) in [5.41, 5.74) is 0.940. The Morgan fingerprint density at radius 1 is 1.24 bits per heavy atom. The lowest BCUT2D eigenvalue weighted by Crippen LogP contribution is -2.44. The fourth-order valence-electron chi connectivity index (χ4n) is 3.47. The van der Waals surface area contributed by atoms with Gasteiger partial charge in [0.15, 0.2) is 6.61 Å². The average Bonchev–Trinajstić information content (AvgIpc) is 2.57. The van der Waals surface area contributed by atoms with Gasteiger partial charge in [0.25, 0.3) is 5.91 Å². The maximum atomic E-state index is 12.4. The van der Waals surface area contributed by atoms with E-state index in [1.807, 2.05) is 12.1 Å². The van der Waals surface area contributed by atoms with Gasteiger partial charge in [-0.3, -0.25) is 4.79 Å². The molecule has 1 aromatic carbocycles. The van der Waals surface area contributed by atoms with Crippen LogP contribution in [-0.4, -0.2) is 41.5 Å². The number of hydrogen-bond acceptors (Lipinski definition) is 4. The SMILES string of the molecule is C[C@H]1C[C@H](C)CN(C(=O)COC(=O)c2cc(Cl)nc3ccccc23)C1. The van der Waals surface area contributed by atoms with Gasteiger partial charge in [-0.15, -0.1) is 0 Å². The number of amides is 1. The summed E-state index contributed by atoms with van der Waals surface area (Å²) in [6, 6.07) is 8.67. The number of pyridine rings is 1. The largest absolute Gasteiger partial charge is 0.452 e. The van der Waals surface area contributed by atoms with Gasteiger partial charge in [-0.05, 0) is 30.4 Å². The Labute approximate surface area is 151 Å². The first-order valence-corrected chi connectivity index (χ1v) is 8.82. The molecule has 1 amide bonds. The molecule has 0 spiro atoms. The van der Waals surface area contributed by atoms with Gasteiger partial charge in [-0.1, -0.05) is 43.6 Å². The maximum absolute atomic E-state index is 12.4. The molecule has 2 heterocycles. The zero-order valence-electron chi connectivity index (χ0n) is 14.4. The number of nitrogens with zero attached hydrogens (tertiary/aromatic N) is 2. The number of hydrogen-bond donors (Lipinski definition) is 0. The van der Waals surface area contributed by atoms with Gasteiger partial charge in [0.1, 0.15) is 5.15 Å². The van der Waals surface area contributed by atoms with E-state index < -0.39 is 5.97 Å². The van der Waals surface area contributed by atoms with Crippen LogP contribution in [-0.2, 0) is 9.53 Å². The van der Waals surface area contributed by atoms with E-state index in [-0.39, 0.29) is 17.7 Å². The number of likely N-dealkylation sites (tertiary alicyclic amines) is 1. The molecule has 0 N–H and O–H groups in total. The summed E-state index contributed by atoms with van der Waals surface area (Å²) < 4.78 is 5.26. The van der Waals surface area contributed by atoms with Crippen molar-refractivity contribution < 1.29 is 14.3 Å². The molecule has 1 fully saturated rings. The quantitative estimate of drug-likeness (QED) is 0.620. The topological polar surface area (TPSA) is 59.5 Å². The molecule has 0 bridgehead atoms. The second-order valence-electron chi connectivity index (χ2n) is 6.83. The Morgan fingerprint density at radius 3 is 2.64 bits per heavy atom. The third-order valence-corrected chi connectivity index (χ3v) is 4.65. The van der Waals surface area contributed by atoms with Crippen LogP contribution in [0.4, 0.5) is 0 Å². The summed E-state index contributed by atoms with van der Waals surface area (Å²) >= 11 is 5.99. The lowest BCUT2D eigenvalue weighted by molar-refractivity contribution is -0.137. The molecule has 0 unspecified atom stereocenters. The van der Waals surface area contributed by atoms with Crippen molar-refractivity contribution in [2.75, 3.05) is 19.7 Å². The van der Waals surface area contributed by atoms with Crippen molar-refractivity contribution in [2.45, 2.75) is 20.3 Å². The Kier molecular flexibility index (Phi) is 5.23. The van der Waals surface area contributed by atoms with Crippen LogP contribution in [0, 0.1) is 11.8 Å². The number of piperidine rings is 1. The third-order valence-electron chi connectivity index (χ3n) is 4.45. The lowest BCUT2D eigenvalue weighted by Gasteiger charge is -2.34. The highest BCUT2D eigenvalue weighted by molar-refractivity contribution is 6.30. The maximum Gasteiger partial charge on any atom is 0.339 e. The van der Waals surface area contributed by atoms with Crippen LogP contribution in [0.2, 0.25) is 5.15 Å². The highest BCUT2D eigenvalue weighted by atomic mass is 35.5. The van der Waals surface area contributed by atoms with E-state index in [4.69, 9.17) is 16.3 Å². The molecular weight excluding hydrogens is 340 g/mol. The minimum absolute atomic E-state index is 0.156. The summed E-state index contributed by atoms with van der Waals surface area (Å²) in [6.45, 7) is 5.43. The predicted molar refractivity (Wildman–Crippen MR) is 96.6 cm³/mol. The molecule has 0 radical (unpaired) electrons. The van der Waals surface area contributed by atoms with Crippen LogP contribution in [0.3, 0.4) is 0 Å². The number of carbonyl (C=O) groups excluding carboxylic acids is 2. The van der Waals surface area contributed by atoms with Gasteiger partial charge in [-0.2, -0.15) is 0 Å². The number of halogens is 1. The molecule has 5 nitrogen and oxygen atoms in total. The van der Waals surface area contributed by atoms with Crippen molar-refractivity contribution in [3.05, 3.63) is 41.0 Å². The van der Waals surface area contributed by atoms with Crippen LogP contribution in [0.15, 0.2) is 30.3 Å². The Balaban J connectivity index is 1.70. The second kappa shape index (κ2) is 7.40. The monoisotopic (exact) mass is 360 g/mol. The first-order chi connectivity index (χ1) is 11.9. The lowest BCUT2D eigenvalue weighted by atomic mass is 9.92. The van der Waals surface area contributed by atoms with Crippen LogP contribution in [0.25, 0.3) is 10.9 Å². The highest BCUT2D eigenvalue weighted by Gasteiger charge is 2.26. The summed E-state index contributed by atoms with van der Waals surface area (Å²) in [4.78, 5) is 30.8. The fourth-order valence-corrected chi connectivity index (χ4v) is 3.68. The van der Waals surface area contributed by atoms with Crippen LogP contribution in [0.5, 0.6) is 0 Å². The minimum Gasteiger partial charge on any atom is -0.452 e. The molecule has 3 rings (SSSR count). The number of esters is 1. The van der Waals surface area contributed by atoms with E-state index in [0.717, 1.165) is 6.42 Å². The van der Waals surface area contributed by atoms with Crippen molar-refractivity contribution in [2.24, 2.45) is 11.8 Å². The smallest absolute Gasteiger partial charge is 0.339 e. The van der Waals surface area contributed by atoms with E-state index in [1.54, 1.807) is 17.0 Å². The zero-order valence-corrected chi connectivity index (χ0v) is 15.1. The molecule has 1 aromatic heterocycles. The minimum atomic E-state index is -0.563. The molecule has 25 heavy (non-hydrogen) atoms. The van der Waals surface area contributed by atoms with E-state index in [2.05, 4.69) is 18.8 Å². The number of carbonyl (C=O) groups is 2. The first kappa shape index (κ1) is 17.7. The molecule has 2 atom stereocenters. The zero-order chi connectivity index (χ0) is 18.0. The molecular formula is C19H21ClN2O3. The summed E-state index contributed by atoms with van der Waals surface area (Å²) in [6.07, 6.45) is 1.12. The number of rotatable bonds is 3. The molecule has 2 aromatic rings. The molecule has 1 aliphatic heterocycles. The molecule has 0 saturated carbocycles. The van der Waals surface area contributed by atoms with Gasteiger partial charge >= 0.3 is 5.97 Å². The van der Waals surface area contributed by atoms with Crippen LogP contribution in [0.1, 0.15) is 30.6 Å². The Hall–Kier alpha value is -2.14. The van der Waals surface area contributed by atoms with Crippen molar-refractivity contribution in [3.63, 3.8) is 0 Å². The van der Waals surface area contributed by atoms with Crippen LogP contribution >= 0.6 is 11.6 Å². The fraction of sp³-hybridized carbons (Fsp3) is 0.421. The molecule has 132 valence electrons. The van der Waals surface area contributed by atoms with Crippen molar-refractivity contribution in [1.82, 2.24) is 9.88 Å². The Bertz CT molecular complexity index is 798.